The predicted molar refractivity (Wildman–Crippen MR) is 113 cm³/mol. The van der Waals surface area contributed by atoms with E-state index >= 15 is 0 Å². The van der Waals surface area contributed by atoms with Crippen LogP contribution in [0.5, 0.6) is 0 Å². The highest BCUT2D eigenvalue weighted by Gasteiger charge is 2.23. The number of hydrogen-bond acceptors (Lipinski definition) is 3. The van der Waals surface area contributed by atoms with Crippen molar-refractivity contribution in [2.75, 3.05) is 13.1 Å². The normalized spacial score (nSPS) is 11.5. The van der Waals surface area contributed by atoms with Crippen molar-refractivity contribution in [2.45, 2.75) is 52.4 Å². The summed E-state index contributed by atoms with van der Waals surface area (Å²) < 4.78 is 41.7. The predicted octanol–water partition coefficient (Wildman–Crippen LogP) is 3.40. The molecule has 0 spiro atoms. The van der Waals surface area contributed by atoms with Crippen LogP contribution in [-0.4, -0.2) is 27.4 Å². The van der Waals surface area contributed by atoms with E-state index in [1.165, 1.54) is 6.07 Å². The van der Waals surface area contributed by atoms with Gasteiger partial charge in [-0.15, -0.1) is 0 Å². The molecule has 2 rings (SSSR count). The van der Waals surface area contributed by atoms with Crippen LogP contribution in [0.1, 0.15) is 39.8 Å². The lowest BCUT2D eigenvalue weighted by molar-refractivity contribution is -0.120. The molecule has 2 aromatic rings. The van der Waals surface area contributed by atoms with Crippen LogP contribution in [0.3, 0.4) is 0 Å². The van der Waals surface area contributed by atoms with Crippen molar-refractivity contribution in [2.24, 2.45) is 0 Å². The molecule has 0 bridgehead atoms. The molecule has 0 aliphatic rings. The zero-order chi connectivity index (χ0) is 21.8. The van der Waals surface area contributed by atoms with Gasteiger partial charge in [0.1, 0.15) is 5.82 Å². The van der Waals surface area contributed by atoms with E-state index < -0.39 is 10.0 Å². The molecule has 0 atom stereocenters. The maximum Gasteiger partial charge on any atom is 0.241 e. The smallest absolute Gasteiger partial charge is 0.241 e. The second-order valence-corrected chi connectivity index (χ2v) is 9.00. The number of nitrogens with one attached hydrogen (secondary N) is 2. The van der Waals surface area contributed by atoms with E-state index in [2.05, 4.69) is 10.0 Å². The highest BCUT2D eigenvalue weighted by atomic mass is 32.2. The first-order chi connectivity index (χ1) is 13.6. The summed E-state index contributed by atoms with van der Waals surface area (Å²) in [5.41, 5.74) is 5.00. The largest absolute Gasteiger partial charge is 0.356 e. The summed E-state index contributed by atoms with van der Waals surface area (Å²) in [5, 5.41) is 2.69. The third-order valence-electron chi connectivity index (χ3n) is 5.52. The van der Waals surface area contributed by atoms with Gasteiger partial charge in [-0.05, 0) is 80.5 Å². The highest BCUT2D eigenvalue weighted by molar-refractivity contribution is 7.89. The molecular weight excluding hydrogens is 391 g/mol. The minimum Gasteiger partial charge on any atom is -0.356 e. The zero-order valence-corrected chi connectivity index (χ0v) is 18.5. The van der Waals surface area contributed by atoms with Crippen molar-refractivity contribution in [1.29, 1.82) is 0 Å². The van der Waals surface area contributed by atoms with Crippen molar-refractivity contribution in [3.8, 4) is 0 Å². The third-order valence-corrected chi connectivity index (χ3v) is 7.25. The van der Waals surface area contributed by atoms with Crippen LogP contribution in [0.15, 0.2) is 29.2 Å². The molecule has 0 aliphatic heterocycles. The number of rotatable bonds is 8. The van der Waals surface area contributed by atoms with Gasteiger partial charge in [0, 0.05) is 19.5 Å². The lowest BCUT2D eigenvalue weighted by Crippen LogP contribution is -2.32. The molecule has 0 aromatic heterocycles. The number of carbonyl (C=O) groups is 1. The fourth-order valence-corrected chi connectivity index (χ4v) is 4.99. The summed E-state index contributed by atoms with van der Waals surface area (Å²) in [7, 11) is -3.73. The fraction of sp³-hybridized carbons (Fsp3) is 0.409. The van der Waals surface area contributed by atoms with E-state index in [-0.39, 0.29) is 29.6 Å². The Morgan fingerprint density at radius 1 is 0.897 bits per heavy atom. The van der Waals surface area contributed by atoms with E-state index in [4.69, 9.17) is 0 Å². The molecule has 158 valence electrons. The van der Waals surface area contributed by atoms with Gasteiger partial charge in [-0.3, -0.25) is 4.79 Å². The van der Waals surface area contributed by atoms with Gasteiger partial charge in [0.2, 0.25) is 15.9 Å². The maximum atomic E-state index is 13.6. The maximum absolute atomic E-state index is 13.6. The van der Waals surface area contributed by atoms with Crippen molar-refractivity contribution >= 4 is 15.9 Å². The second kappa shape index (κ2) is 9.50. The molecular formula is C22H29FN2O3S. The third kappa shape index (κ3) is 5.42. The van der Waals surface area contributed by atoms with Crippen LogP contribution in [0, 0.1) is 40.4 Å². The Morgan fingerprint density at radius 2 is 1.45 bits per heavy atom. The zero-order valence-electron chi connectivity index (χ0n) is 17.6. The highest BCUT2D eigenvalue weighted by Crippen LogP contribution is 2.29. The Morgan fingerprint density at radius 3 is 2.03 bits per heavy atom. The van der Waals surface area contributed by atoms with Crippen LogP contribution < -0.4 is 10.0 Å². The molecule has 1 amide bonds. The minimum atomic E-state index is -3.73. The van der Waals surface area contributed by atoms with Gasteiger partial charge in [-0.1, -0.05) is 18.2 Å². The standard InChI is InChI=1S/C22H29FN2O3S/c1-14-15(2)17(4)22(18(5)16(14)3)29(27,28)25-13-11-21(26)24-12-10-19-8-6-7-9-20(19)23/h6-9,25H,10-13H2,1-5H3,(H,24,26). The van der Waals surface area contributed by atoms with Crippen LogP contribution in [0.4, 0.5) is 4.39 Å². The van der Waals surface area contributed by atoms with Crippen molar-refractivity contribution < 1.29 is 17.6 Å². The topological polar surface area (TPSA) is 75.3 Å². The summed E-state index contributed by atoms with van der Waals surface area (Å²) in [6.45, 7) is 9.72. The van der Waals surface area contributed by atoms with Gasteiger partial charge in [0.05, 0.1) is 4.90 Å². The summed E-state index contributed by atoms with van der Waals surface area (Å²) in [4.78, 5) is 12.3. The van der Waals surface area contributed by atoms with Gasteiger partial charge in [-0.25, -0.2) is 17.5 Å². The first-order valence-corrected chi connectivity index (χ1v) is 11.1. The number of amides is 1. The molecule has 0 fully saturated rings. The number of benzene rings is 2. The monoisotopic (exact) mass is 420 g/mol. The molecule has 0 saturated heterocycles. The molecule has 0 aliphatic carbocycles. The molecule has 2 N–H and O–H groups in total. The van der Waals surface area contributed by atoms with Gasteiger partial charge >= 0.3 is 0 Å². The average molecular weight is 421 g/mol. The quantitative estimate of drug-likeness (QED) is 0.687. The van der Waals surface area contributed by atoms with Crippen molar-refractivity contribution in [3.63, 3.8) is 0 Å². The van der Waals surface area contributed by atoms with Gasteiger partial charge in [-0.2, -0.15) is 0 Å². The number of sulfonamides is 1. The molecule has 7 heteroatoms. The lowest BCUT2D eigenvalue weighted by Gasteiger charge is -2.19. The number of halogens is 1. The molecule has 2 aromatic carbocycles. The Kier molecular flexibility index (Phi) is 7.54. The average Bonchev–Trinajstić information content (AvgIpc) is 2.66. The van der Waals surface area contributed by atoms with Crippen LogP contribution in [-0.2, 0) is 21.2 Å². The van der Waals surface area contributed by atoms with Crippen LogP contribution >= 0.6 is 0 Å². The van der Waals surface area contributed by atoms with E-state index in [0.29, 0.717) is 18.5 Å². The van der Waals surface area contributed by atoms with Crippen LogP contribution in [0.25, 0.3) is 0 Å². The Balaban J connectivity index is 1.93. The Bertz CT molecular complexity index is 988. The van der Waals surface area contributed by atoms with Gasteiger partial charge < -0.3 is 5.32 Å². The van der Waals surface area contributed by atoms with E-state index in [9.17, 15) is 17.6 Å². The first kappa shape index (κ1) is 23.0. The van der Waals surface area contributed by atoms with Gasteiger partial charge in [0.25, 0.3) is 0 Å². The number of hydrogen-bond donors (Lipinski definition) is 2. The summed E-state index contributed by atoms with van der Waals surface area (Å²) in [5.74, 6) is -0.585. The molecule has 5 nitrogen and oxygen atoms in total. The molecule has 0 heterocycles. The summed E-state index contributed by atoms with van der Waals surface area (Å²) in [6, 6.07) is 6.41. The minimum absolute atomic E-state index is 0.00127. The number of carbonyl (C=O) groups excluding carboxylic acids is 1. The molecule has 29 heavy (non-hydrogen) atoms. The van der Waals surface area contributed by atoms with Crippen molar-refractivity contribution in [1.82, 2.24) is 10.0 Å². The van der Waals surface area contributed by atoms with Gasteiger partial charge in [0.15, 0.2) is 0 Å². The Labute approximate surface area is 172 Å². The Hall–Kier alpha value is -2.25. The van der Waals surface area contributed by atoms with E-state index in [1.807, 2.05) is 20.8 Å². The van der Waals surface area contributed by atoms with E-state index in [0.717, 1.165) is 27.8 Å². The van der Waals surface area contributed by atoms with Crippen LogP contribution in [0.2, 0.25) is 0 Å². The van der Waals surface area contributed by atoms with E-state index in [1.54, 1.807) is 32.0 Å². The first-order valence-electron chi connectivity index (χ1n) is 9.63. The van der Waals surface area contributed by atoms with Crippen molar-refractivity contribution in [3.05, 3.63) is 63.5 Å². The molecule has 0 saturated carbocycles. The SMILES string of the molecule is Cc1c(C)c(C)c(S(=O)(=O)NCCC(=O)NCCc2ccccc2F)c(C)c1C. The molecule has 0 radical (unpaired) electrons. The fourth-order valence-electron chi connectivity index (χ4n) is 3.37. The summed E-state index contributed by atoms with van der Waals surface area (Å²) >= 11 is 0. The summed E-state index contributed by atoms with van der Waals surface area (Å²) in [6.07, 6.45) is 0.392. The molecule has 0 unspecified atom stereocenters. The lowest BCUT2D eigenvalue weighted by atomic mass is 9.95. The second-order valence-electron chi connectivity index (χ2n) is 7.29.